The van der Waals surface area contributed by atoms with Gasteiger partial charge in [-0.2, -0.15) is 0 Å². The van der Waals surface area contributed by atoms with Gasteiger partial charge in [-0.1, -0.05) is 17.8 Å². The van der Waals surface area contributed by atoms with Gasteiger partial charge in [-0.05, 0) is 51.0 Å². The maximum Gasteiger partial charge on any atom is 0.278 e. The lowest BCUT2D eigenvalue weighted by atomic mass is 10.1. The van der Waals surface area contributed by atoms with Crippen LogP contribution in [0.3, 0.4) is 0 Å². The fraction of sp³-hybridized carbons (Fsp3) is 0.409. The molecule has 166 valence electrons. The Labute approximate surface area is 185 Å². The lowest BCUT2D eigenvalue weighted by Gasteiger charge is -2.15. The highest BCUT2D eigenvalue weighted by Gasteiger charge is 2.16. The number of hydrogen-bond donors (Lipinski definition) is 2. The zero-order valence-electron chi connectivity index (χ0n) is 18.4. The van der Waals surface area contributed by atoms with Crippen LogP contribution < -0.4 is 20.3 Å². The average Bonchev–Trinajstić information content (AvgIpc) is 3.12. The van der Waals surface area contributed by atoms with Crippen LogP contribution in [0.15, 0.2) is 34.2 Å². The standard InChI is InChI=1S/C22H28N4O4S/c1-13(2)26-21(28)20-16(10-14(3)24-20)25-22(26)31-12-19(27)23-9-8-15-6-7-17(29-4)18(11-15)30-5/h6-7,10-11,13,24H,8-9,12H2,1-5H3,(H,23,27). The molecule has 0 saturated heterocycles. The Kier molecular flexibility index (Phi) is 7.27. The van der Waals surface area contributed by atoms with Gasteiger partial charge in [-0.25, -0.2) is 4.98 Å². The number of rotatable bonds is 9. The number of aromatic nitrogens is 3. The van der Waals surface area contributed by atoms with E-state index in [1.165, 1.54) is 11.8 Å². The molecule has 9 heteroatoms. The second-order valence-corrected chi connectivity index (χ2v) is 8.40. The molecular weight excluding hydrogens is 416 g/mol. The zero-order chi connectivity index (χ0) is 22.5. The number of ether oxygens (including phenoxy) is 2. The van der Waals surface area contributed by atoms with E-state index in [-0.39, 0.29) is 23.3 Å². The third-order valence-corrected chi connectivity index (χ3v) is 5.77. The number of fused-ring (bicyclic) bond motifs is 1. The highest BCUT2D eigenvalue weighted by molar-refractivity contribution is 7.99. The van der Waals surface area contributed by atoms with Gasteiger partial charge in [0.1, 0.15) is 5.52 Å². The molecule has 31 heavy (non-hydrogen) atoms. The van der Waals surface area contributed by atoms with Gasteiger partial charge in [0.05, 0.1) is 25.5 Å². The minimum Gasteiger partial charge on any atom is -0.493 e. The van der Waals surface area contributed by atoms with Crippen LogP contribution in [-0.4, -0.2) is 47.0 Å². The first-order valence-corrected chi connectivity index (χ1v) is 11.0. The molecule has 8 nitrogen and oxygen atoms in total. The number of hydrogen-bond acceptors (Lipinski definition) is 6. The van der Waals surface area contributed by atoms with Crippen LogP contribution >= 0.6 is 11.8 Å². The summed E-state index contributed by atoms with van der Waals surface area (Å²) in [6.07, 6.45) is 0.667. The van der Waals surface area contributed by atoms with Crippen molar-refractivity contribution in [2.75, 3.05) is 26.5 Å². The molecule has 0 spiro atoms. The van der Waals surface area contributed by atoms with Crippen LogP contribution in [0.25, 0.3) is 11.0 Å². The average molecular weight is 445 g/mol. The molecule has 1 amide bonds. The van der Waals surface area contributed by atoms with Gasteiger partial charge >= 0.3 is 0 Å². The number of nitrogens with zero attached hydrogens (tertiary/aromatic N) is 2. The fourth-order valence-electron chi connectivity index (χ4n) is 3.31. The largest absolute Gasteiger partial charge is 0.493 e. The Morgan fingerprint density at radius 1 is 1.23 bits per heavy atom. The summed E-state index contributed by atoms with van der Waals surface area (Å²) in [5.41, 5.74) is 2.91. The smallest absolute Gasteiger partial charge is 0.278 e. The molecule has 0 radical (unpaired) electrons. The molecule has 0 aliphatic carbocycles. The number of benzene rings is 1. The summed E-state index contributed by atoms with van der Waals surface area (Å²) in [6, 6.07) is 7.47. The SMILES string of the molecule is COc1ccc(CCNC(=O)CSc2nc3cc(C)[nH]c3c(=O)n2C(C)C)cc1OC. The first-order chi connectivity index (χ1) is 14.8. The maximum absolute atomic E-state index is 12.8. The minimum absolute atomic E-state index is 0.0661. The Hall–Kier alpha value is -2.94. The predicted molar refractivity (Wildman–Crippen MR) is 122 cm³/mol. The molecule has 0 unspecified atom stereocenters. The van der Waals surface area contributed by atoms with Crippen LogP contribution in [0, 0.1) is 6.92 Å². The second-order valence-electron chi connectivity index (χ2n) is 7.45. The molecule has 2 aromatic heterocycles. The number of carbonyl (C=O) groups excluding carboxylic acids is 1. The van der Waals surface area contributed by atoms with E-state index in [0.29, 0.717) is 40.7 Å². The molecule has 1 aromatic carbocycles. The molecule has 3 aromatic rings. The van der Waals surface area contributed by atoms with Gasteiger partial charge in [0.25, 0.3) is 5.56 Å². The number of aryl methyl sites for hydroxylation is 1. The number of thioether (sulfide) groups is 1. The number of methoxy groups -OCH3 is 2. The molecule has 0 aliphatic heterocycles. The van der Waals surface area contributed by atoms with Crippen LogP contribution in [-0.2, 0) is 11.2 Å². The third kappa shape index (κ3) is 5.22. The Balaban J connectivity index is 1.61. The summed E-state index contributed by atoms with van der Waals surface area (Å²) in [5.74, 6) is 1.40. The third-order valence-electron chi connectivity index (χ3n) is 4.82. The van der Waals surface area contributed by atoms with Gasteiger partial charge in [0.2, 0.25) is 5.91 Å². The first-order valence-electron chi connectivity index (χ1n) is 10.1. The maximum atomic E-state index is 12.8. The lowest BCUT2D eigenvalue weighted by Crippen LogP contribution is -2.29. The van der Waals surface area contributed by atoms with Gasteiger partial charge in [-0.15, -0.1) is 0 Å². The van der Waals surface area contributed by atoms with Crippen LogP contribution in [0.2, 0.25) is 0 Å². The number of aromatic amines is 1. The minimum atomic E-state index is -0.121. The van der Waals surface area contributed by atoms with Crippen molar-refractivity contribution in [3.63, 3.8) is 0 Å². The van der Waals surface area contributed by atoms with E-state index >= 15 is 0 Å². The van der Waals surface area contributed by atoms with Crippen molar-refractivity contribution >= 4 is 28.7 Å². The summed E-state index contributed by atoms with van der Waals surface area (Å²) in [7, 11) is 3.19. The predicted octanol–water partition coefficient (Wildman–Crippen LogP) is 3.08. The Morgan fingerprint density at radius 2 is 1.97 bits per heavy atom. The van der Waals surface area contributed by atoms with E-state index in [2.05, 4.69) is 15.3 Å². The van der Waals surface area contributed by atoms with E-state index in [4.69, 9.17) is 9.47 Å². The molecular formula is C22H28N4O4S. The molecule has 2 N–H and O–H groups in total. The highest BCUT2D eigenvalue weighted by Crippen LogP contribution is 2.27. The summed E-state index contributed by atoms with van der Waals surface area (Å²) < 4.78 is 12.2. The van der Waals surface area contributed by atoms with Crippen molar-refractivity contribution < 1.29 is 14.3 Å². The quantitative estimate of drug-likeness (QED) is 0.389. The molecule has 0 fully saturated rings. The normalized spacial score (nSPS) is 11.2. The molecule has 0 aliphatic rings. The van der Waals surface area contributed by atoms with Gasteiger partial charge in [-0.3, -0.25) is 14.2 Å². The fourth-order valence-corrected chi connectivity index (χ4v) is 4.27. The summed E-state index contributed by atoms with van der Waals surface area (Å²) >= 11 is 1.27. The van der Waals surface area contributed by atoms with Crippen LogP contribution in [0.4, 0.5) is 0 Å². The van der Waals surface area contributed by atoms with Crippen molar-refractivity contribution in [3.05, 3.63) is 45.9 Å². The van der Waals surface area contributed by atoms with E-state index < -0.39 is 0 Å². The molecule has 2 heterocycles. The van der Waals surface area contributed by atoms with E-state index in [9.17, 15) is 9.59 Å². The highest BCUT2D eigenvalue weighted by atomic mass is 32.2. The summed E-state index contributed by atoms with van der Waals surface area (Å²) in [4.78, 5) is 32.9. The van der Waals surface area contributed by atoms with E-state index in [0.717, 1.165) is 11.3 Å². The summed E-state index contributed by atoms with van der Waals surface area (Å²) in [5, 5.41) is 3.46. The van der Waals surface area contributed by atoms with Crippen molar-refractivity contribution in [3.8, 4) is 11.5 Å². The number of carbonyl (C=O) groups is 1. The molecule has 0 bridgehead atoms. The molecule has 3 rings (SSSR count). The van der Waals surface area contributed by atoms with E-state index in [1.54, 1.807) is 18.8 Å². The number of amides is 1. The van der Waals surface area contributed by atoms with Crippen molar-refractivity contribution in [2.45, 2.75) is 38.4 Å². The van der Waals surface area contributed by atoms with Crippen LogP contribution in [0.1, 0.15) is 31.1 Å². The van der Waals surface area contributed by atoms with Crippen LogP contribution in [0.5, 0.6) is 11.5 Å². The Bertz CT molecular complexity index is 1140. The van der Waals surface area contributed by atoms with Crippen molar-refractivity contribution in [1.29, 1.82) is 0 Å². The molecule has 0 atom stereocenters. The van der Waals surface area contributed by atoms with Gasteiger partial charge in [0, 0.05) is 18.3 Å². The van der Waals surface area contributed by atoms with Crippen molar-refractivity contribution in [1.82, 2.24) is 19.9 Å². The van der Waals surface area contributed by atoms with E-state index in [1.807, 2.05) is 45.0 Å². The topological polar surface area (TPSA) is 98.2 Å². The first kappa shape index (κ1) is 22.7. The van der Waals surface area contributed by atoms with Crippen molar-refractivity contribution in [2.24, 2.45) is 0 Å². The summed E-state index contributed by atoms with van der Waals surface area (Å²) in [6.45, 7) is 6.24. The van der Waals surface area contributed by atoms with Gasteiger partial charge < -0.3 is 19.8 Å². The number of nitrogens with one attached hydrogen (secondary N) is 2. The lowest BCUT2D eigenvalue weighted by molar-refractivity contribution is -0.118. The molecule has 0 saturated carbocycles. The van der Waals surface area contributed by atoms with Gasteiger partial charge in [0.15, 0.2) is 16.7 Å². The Morgan fingerprint density at radius 3 is 2.65 bits per heavy atom. The zero-order valence-corrected chi connectivity index (χ0v) is 19.3. The number of H-pyrrole nitrogens is 1. The second kappa shape index (κ2) is 9.91. The monoisotopic (exact) mass is 444 g/mol.